The molecule has 3 aromatic carbocycles. The molecule has 42 heavy (non-hydrogen) atoms. The Morgan fingerprint density at radius 1 is 0.857 bits per heavy atom. The number of ether oxygens (including phenoxy) is 2. The molecule has 1 N–H and O–H groups in total. The molecule has 2 fully saturated rings. The number of likely N-dealkylation sites (tertiary alicyclic amines) is 2. The molecule has 5 rings (SSSR count). The molecular weight excluding hydrogens is 524 g/mol. The van der Waals surface area contributed by atoms with Crippen LogP contribution < -0.4 is 14.8 Å². The molecule has 0 radical (unpaired) electrons. The lowest BCUT2D eigenvalue weighted by Gasteiger charge is -2.32. The van der Waals surface area contributed by atoms with Crippen LogP contribution in [0.5, 0.6) is 11.5 Å². The molecule has 0 aliphatic carbocycles. The second kappa shape index (κ2) is 14.4. The summed E-state index contributed by atoms with van der Waals surface area (Å²) in [6, 6.07) is 26.1. The number of carbonyl (C=O) groups excluding carboxylic acids is 1. The Morgan fingerprint density at radius 3 is 2.05 bits per heavy atom. The van der Waals surface area contributed by atoms with E-state index in [9.17, 15) is 4.79 Å². The number of piperidine rings is 2. The average molecular weight is 567 g/mol. The van der Waals surface area contributed by atoms with Crippen LogP contribution in [0.25, 0.3) is 0 Å². The summed E-state index contributed by atoms with van der Waals surface area (Å²) in [5.74, 6) is 1.64. The Labute approximate surface area is 250 Å². The molecule has 2 saturated heterocycles. The highest BCUT2D eigenvalue weighted by atomic mass is 16.5. The van der Waals surface area contributed by atoms with Crippen LogP contribution in [-0.4, -0.2) is 60.1 Å². The Morgan fingerprint density at radius 2 is 1.45 bits per heavy atom. The lowest BCUT2D eigenvalue weighted by molar-refractivity contribution is 0.0900. The van der Waals surface area contributed by atoms with E-state index in [1.54, 1.807) is 0 Å². The lowest BCUT2D eigenvalue weighted by atomic mass is 10.0. The van der Waals surface area contributed by atoms with Gasteiger partial charge in [-0.25, -0.2) is 0 Å². The van der Waals surface area contributed by atoms with E-state index in [1.165, 1.54) is 11.1 Å². The quantitative estimate of drug-likeness (QED) is 0.335. The van der Waals surface area contributed by atoms with Crippen molar-refractivity contribution >= 4 is 5.91 Å². The van der Waals surface area contributed by atoms with Gasteiger partial charge >= 0.3 is 0 Å². The molecule has 0 atom stereocenters. The number of benzene rings is 3. The van der Waals surface area contributed by atoms with Gasteiger partial charge in [0.15, 0.2) is 0 Å². The number of carbonyl (C=O) groups is 1. The van der Waals surface area contributed by atoms with E-state index in [0.29, 0.717) is 11.1 Å². The Kier molecular flexibility index (Phi) is 10.1. The summed E-state index contributed by atoms with van der Waals surface area (Å²) in [5, 5.41) is 12.2. The minimum absolute atomic E-state index is 0.0365. The molecule has 2 aliphatic heterocycles. The second-order valence-electron chi connectivity index (χ2n) is 11.8. The molecule has 220 valence electrons. The van der Waals surface area contributed by atoms with E-state index in [2.05, 4.69) is 45.5 Å². The van der Waals surface area contributed by atoms with Crippen molar-refractivity contribution in [2.75, 3.05) is 26.2 Å². The smallest absolute Gasteiger partial charge is 0.251 e. The summed E-state index contributed by atoms with van der Waals surface area (Å²) in [6.07, 6.45) is 4.11. The summed E-state index contributed by atoms with van der Waals surface area (Å²) < 4.78 is 12.1. The number of nitrogens with one attached hydrogen (secondary N) is 1. The molecule has 0 bridgehead atoms. The van der Waals surface area contributed by atoms with E-state index < -0.39 is 0 Å². The van der Waals surface area contributed by atoms with Crippen molar-refractivity contribution in [1.82, 2.24) is 15.1 Å². The van der Waals surface area contributed by atoms with Crippen LogP contribution in [-0.2, 0) is 13.1 Å². The first kappa shape index (κ1) is 29.6. The van der Waals surface area contributed by atoms with E-state index in [0.717, 1.165) is 76.5 Å². The molecular formula is C35H42N4O3. The van der Waals surface area contributed by atoms with Gasteiger partial charge < -0.3 is 14.8 Å². The van der Waals surface area contributed by atoms with Crippen LogP contribution in [0.2, 0.25) is 0 Å². The predicted octanol–water partition coefficient (Wildman–Crippen LogP) is 5.78. The van der Waals surface area contributed by atoms with Gasteiger partial charge in [-0.05, 0) is 93.1 Å². The standard InChI is InChI=1S/C35H42N4O3/c1-26(2)41-32-12-10-29(11-13-32)25-39-20-16-33(17-21-39)42-34-5-3-4-30(22-34)35(40)37-31-14-18-38(19-15-31)24-28-8-6-27(23-36)7-9-28/h3-13,22,26,31,33H,14-21,24-25H2,1-2H3,(H,37,40). The topological polar surface area (TPSA) is 77.8 Å². The van der Waals surface area contributed by atoms with Gasteiger partial charge in [-0.3, -0.25) is 14.6 Å². The predicted molar refractivity (Wildman–Crippen MR) is 164 cm³/mol. The monoisotopic (exact) mass is 566 g/mol. The SMILES string of the molecule is CC(C)Oc1ccc(CN2CCC(Oc3cccc(C(=O)NC4CCN(Cc5ccc(C#N)cc5)CC4)c3)CC2)cc1. The Balaban J connectivity index is 1.04. The molecule has 0 unspecified atom stereocenters. The molecule has 7 nitrogen and oxygen atoms in total. The minimum atomic E-state index is -0.0365. The molecule has 0 spiro atoms. The van der Waals surface area contributed by atoms with Crippen molar-refractivity contribution in [1.29, 1.82) is 5.26 Å². The van der Waals surface area contributed by atoms with Gasteiger partial charge in [0.25, 0.3) is 5.91 Å². The molecule has 2 heterocycles. The summed E-state index contributed by atoms with van der Waals surface area (Å²) >= 11 is 0. The van der Waals surface area contributed by atoms with Gasteiger partial charge in [0, 0.05) is 50.9 Å². The first-order valence-corrected chi connectivity index (χ1v) is 15.2. The van der Waals surface area contributed by atoms with Crippen molar-refractivity contribution < 1.29 is 14.3 Å². The molecule has 1 amide bonds. The normalized spacial score (nSPS) is 17.1. The highest BCUT2D eigenvalue weighted by Gasteiger charge is 2.23. The summed E-state index contributed by atoms with van der Waals surface area (Å²) in [6.45, 7) is 9.72. The van der Waals surface area contributed by atoms with Gasteiger partial charge in [-0.15, -0.1) is 0 Å². The van der Waals surface area contributed by atoms with Crippen LogP contribution >= 0.6 is 0 Å². The Hall–Kier alpha value is -3.86. The first-order chi connectivity index (χ1) is 20.4. The van der Waals surface area contributed by atoms with Crippen LogP contribution in [0, 0.1) is 11.3 Å². The Bertz CT molecular complexity index is 1330. The van der Waals surface area contributed by atoms with Crippen molar-refractivity contribution in [2.24, 2.45) is 0 Å². The van der Waals surface area contributed by atoms with Crippen LogP contribution in [0.4, 0.5) is 0 Å². The van der Waals surface area contributed by atoms with Crippen LogP contribution in [0.15, 0.2) is 72.8 Å². The maximum Gasteiger partial charge on any atom is 0.251 e. The molecule has 3 aromatic rings. The summed E-state index contributed by atoms with van der Waals surface area (Å²) in [4.78, 5) is 17.9. The van der Waals surface area contributed by atoms with E-state index in [-0.39, 0.29) is 24.2 Å². The molecule has 2 aliphatic rings. The fourth-order valence-corrected chi connectivity index (χ4v) is 5.74. The van der Waals surface area contributed by atoms with Gasteiger partial charge in [-0.1, -0.05) is 30.3 Å². The van der Waals surface area contributed by atoms with E-state index >= 15 is 0 Å². The van der Waals surface area contributed by atoms with Gasteiger partial charge in [0.2, 0.25) is 0 Å². The molecule has 0 aromatic heterocycles. The van der Waals surface area contributed by atoms with Crippen LogP contribution in [0.3, 0.4) is 0 Å². The lowest BCUT2D eigenvalue weighted by Crippen LogP contribution is -2.44. The number of rotatable bonds is 10. The number of amides is 1. The van der Waals surface area contributed by atoms with Gasteiger partial charge in [0.05, 0.1) is 17.7 Å². The zero-order valence-electron chi connectivity index (χ0n) is 24.8. The third-order valence-corrected chi connectivity index (χ3v) is 8.05. The van der Waals surface area contributed by atoms with Gasteiger partial charge in [-0.2, -0.15) is 5.26 Å². The van der Waals surface area contributed by atoms with Crippen molar-refractivity contribution in [2.45, 2.75) is 70.9 Å². The van der Waals surface area contributed by atoms with Crippen molar-refractivity contribution in [3.8, 4) is 17.6 Å². The average Bonchev–Trinajstić information content (AvgIpc) is 3.00. The largest absolute Gasteiger partial charge is 0.491 e. The zero-order valence-corrected chi connectivity index (χ0v) is 24.8. The number of nitrogens with zero attached hydrogens (tertiary/aromatic N) is 3. The second-order valence-corrected chi connectivity index (χ2v) is 11.8. The highest BCUT2D eigenvalue weighted by Crippen LogP contribution is 2.23. The fraction of sp³-hybridized carbons (Fsp3) is 0.429. The van der Waals surface area contributed by atoms with Gasteiger partial charge in [0.1, 0.15) is 17.6 Å². The van der Waals surface area contributed by atoms with E-state index in [4.69, 9.17) is 14.7 Å². The van der Waals surface area contributed by atoms with Crippen LogP contribution in [0.1, 0.15) is 66.6 Å². The zero-order chi connectivity index (χ0) is 29.3. The van der Waals surface area contributed by atoms with Crippen molar-refractivity contribution in [3.63, 3.8) is 0 Å². The number of nitriles is 1. The third kappa shape index (κ3) is 8.58. The summed E-state index contributed by atoms with van der Waals surface area (Å²) in [7, 11) is 0. The maximum atomic E-state index is 13.1. The molecule has 7 heteroatoms. The third-order valence-electron chi connectivity index (χ3n) is 8.05. The number of hydrogen-bond donors (Lipinski definition) is 1. The fourth-order valence-electron chi connectivity index (χ4n) is 5.74. The van der Waals surface area contributed by atoms with E-state index in [1.807, 2.05) is 62.4 Å². The minimum Gasteiger partial charge on any atom is -0.491 e. The van der Waals surface area contributed by atoms with Crippen molar-refractivity contribution in [3.05, 3.63) is 95.1 Å². The highest BCUT2D eigenvalue weighted by molar-refractivity contribution is 5.94. The number of hydrogen-bond acceptors (Lipinski definition) is 6. The maximum absolute atomic E-state index is 13.1. The molecule has 0 saturated carbocycles. The first-order valence-electron chi connectivity index (χ1n) is 15.2. The summed E-state index contributed by atoms with van der Waals surface area (Å²) in [5.41, 5.74) is 3.84.